The number of nitriles is 3. The molecule has 5 nitrogen and oxygen atoms in total. The Bertz CT molecular complexity index is 2280. The van der Waals surface area contributed by atoms with Crippen molar-refractivity contribution in [3.63, 3.8) is 0 Å². The molecule has 0 bridgehead atoms. The fourth-order valence-corrected chi connectivity index (χ4v) is 7.32. The summed E-state index contributed by atoms with van der Waals surface area (Å²) in [5.74, 6) is -0.0781. The molecule has 0 spiro atoms. The van der Waals surface area contributed by atoms with Gasteiger partial charge in [0, 0.05) is 28.8 Å². The van der Waals surface area contributed by atoms with Gasteiger partial charge in [0.25, 0.3) is 5.69 Å². The summed E-state index contributed by atoms with van der Waals surface area (Å²) in [5.41, 5.74) is 10.4. The molecule has 2 atom stereocenters. The highest BCUT2D eigenvalue weighted by Gasteiger charge is 2.54. The van der Waals surface area contributed by atoms with Crippen molar-refractivity contribution < 1.29 is 8.97 Å². The van der Waals surface area contributed by atoms with Gasteiger partial charge >= 0.3 is 0 Å². The van der Waals surface area contributed by atoms with E-state index in [1.54, 1.807) is 0 Å². The van der Waals surface area contributed by atoms with Crippen LogP contribution in [-0.2, 0) is 6.42 Å². The number of aryl methyl sites for hydroxylation is 1. The molecule has 2 unspecified atom stereocenters. The second kappa shape index (κ2) is 8.84. The van der Waals surface area contributed by atoms with Gasteiger partial charge in [-0.1, -0.05) is 48.5 Å². The second-order valence-corrected chi connectivity index (χ2v) is 11.2. The Labute approximate surface area is 243 Å². The number of nitrogens with zero attached hydrogens (tertiary/aromatic N) is 5. The Balaban J connectivity index is 1.52. The van der Waals surface area contributed by atoms with Crippen LogP contribution in [0.4, 0.5) is 0 Å². The lowest BCUT2D eigenvalue weighted by Crippen LogP contribution is -2.50. The lowest BCUT2D eigenvalue weighted by atomic mass is 9.78. The summed E-state index contributed by atoms with van der Waals surface area (Å²) >= 11 is 0. The Morgan fingerprint density at radius 2 is 1.50 bits per heavy atom. The van der Waals surface area contributed by atoms with Crippen LogP contribution in [0.3, 0.4) is 0 Å². The van der Waals surface area contributed by atoms with Gasteiger partial charge in [0.2, 0.25) is 17.3 Å². The van der Waals surface area contributed by atoms with Crippen LogP contribution in [0.2, 0.25) is 0 Å². The number of pyridine rings is 3. The van der Waals surface area contributed by atoms with E-state index in [1.165, 1.54) is 22.0 Å². The first-order valence-corrected chi connectivity index (χ1v) is 14.0. The van der Waals surface area contributed by atoms with Gasteiger partial charge < -0.3 is 0 Å². The summed E-state index contributed by atoms with van der Waals surface area (Å²) in [7, 11) is 0. The summed E-state index contributed by atoms with van der Waals surface area (Å²) in [6, 6.07) is 35.9. The Morgan fingerprint density at radius 1 is 0.738 bits per heavy atom. The van der Waals surface area contributed by atoms with Crippen molar-refractivity contribution in [1.82, 2.24) is 0 Å². The van der Waals surface area contributed by atoms with E-state index in [1.807, 2.05) is 12.1 Å². The van der Waals surface area contributed by atoms with E-state index in [0.717, 1.165) is 45.4 Å². The van der Waals surface area contributed by atoms with Gasteiger partial charge in [0.1, 0.15) is 18.2 Å². The topological polar surface area (TPSA) is 79.3 Å². The lowest BCUT2D eigenvalue weighted by Gasteiger charge is -2.26. The van der Waals surface area contributed by atoms with Crippen LogP contribution in [0.5, 0.6) is 0 Å². The van der Waals surface area contributed by atoms with E-state index >= 15 is 0 Å². The maximum absolute atomic E-state index is 10.4. The van der Waals surface area contributed by atoms with Crippen molar-refractivity contribution in [1.29, 1.82) is 15.8 Å². The number of fused-ring (bicyclic) bond motifs is 13. The normalized spacial score (nSPS) is 16.0. The Hall–Kier alpha value is -5.83. The molecule has 3 aromatic carbocycles. The highest BCUT2D eigenvalue weighted by atomic mass is 15.1. The van der Waals surface area contributed by atoms with Gasteiger partial charge in [0.05, 0.1) is 33.6 Å². The molecule has 1 aliphatic heterocycles. The van der Waals surface area contributed by atoms with Crippen molar-refractivity contribution in [3.05, 3.63) is 136 Å². The van der Waals surface area contributed by atoms with E-state index in [2.05, 4.69) is 119 Å². The SMILES string of the molecule is Cc1ccc2[n+](c1)C1c3c(c4ccccc4c4ccc(-c5ccccc5)c[n+]34)CC1c1c-2cc(C#N)c(C#N)c1C#N. The molecule has 0 radical (unpaired) electrons. The van der Waals surface area contributed by atoms with Crippen LogP contribution in [0.25, 0.3) is 38.7 Å². The monoisotopic (exact) mass is 537 g/mol. The minimum absolute atomic E-state index is 0.0781. The van der Waals surface area contributed by atoms with Gasteiger partial charge in [-0.15, -0.1) is 0 Å². The van der Waals surface area contributed by atoms with Crippen LogP contribution in [0.1, 0.15) is 51.0 Å². The smallest absolute Gasteiger partial charge is 0.192 e. The predicted molar refractivity (Wildman–Crippen MR) is 158 cm³/mol. The fraction of sp³-hybridized carbons (Fsp3) is 0.108. The minimum atomic E-state index is -0.0999. The molecule has 194 valence electrons. The van der Waals surface area contributed by atoms with Gasteiger partial charge in [-0.3, -0.25) is 0 Å². The summed E-state index contributed by atoms with van der Waals surface area (Å²) in [6.07, 6.45) is 5.15. The molecular weight excluding hydrogens is 514 g/mol. The Morgan fingerprint density at radius 3 is 2.26 bits per heavy atom. The van der Waals surface area contributed by atoms with Crippen molar-refractivity contribution in [2.24, 2.45) is 0 Å². The first kappa shape index (κ1) is 24.0. The van der Waals surface area contributed by atoms with Gasteiger partial charge in [-0.05, 0) is 54.1 Å². The van der Waals surface area contributed by atoms with Crippen molar-refractivity contribution in [2.75, 3.05) is 0 Å². The third kappa shape index (κ3) is 3.15. The molecule has 5 heteroatoms. The van der Waals surface area contributed by atoms with Crippen LogP contribution in [0, 0.1) is 40.9 Å². The summed E-state index contributed by atoms with van der Waals surface area (Å²) in [4.78, 5) is 0. The molecule has 0 amide bonds. The van der Waals surface area contributed by atoms with Crippen LogP contribution in [-0.4, -0.2) is 0 Å². The molecule has 42 heavy (non-hydrogen) atoms. The number of hydrogen-bond acceptors (Lipinski definition) is 3. The molecule has 0 saturated carbocycles. The molecule has 4 heterocycles. The summed E-state index contributed by atoms with van der Waals surface area (Å²) < 4.78 is 4.69. The van der Waals surface area contributed by atoms with Gasteiger partial charge in [0.15, 0.2) is 12.4 Å². The third-order valence-electron chi connectivity index (χ3n) is 9.02. The quantitative estimate of drug-likeness (QED) is 0.181. The van der Waals surface area contributed by atoms with E-state index in [9.17, 15) is 15.8 Å². The predicted octanol–water partition coefficient (Wildman–Crippen LogP) is 6.37. The van der Waals surface area contributed by atoms with E-state index < -0.39 is 0 Å². The zero-order valence-corrected chi connectivity index (χ0v) is 22.8. The zero-order valence-electron chi connectivity index (χ0n) is 22.8. The average molecular weight is 538 g/mol. The number of aromatic nitrogens is 2. The largest absolute Gasteiger partial charge is 0.261 e. The summed E-state index contributed by atoms with van der Waals surface area (Å²) in [5, 5.41) is 32.8. The van der Waals surface area contributed by atoms with Crippen molar-refractivity contribution in [2.45, 2.75) is 25.3 Å². The molecular formula is C37H23N5+2. The van der Waals surface area contributed by atoms with E-state index in [0.29, 0.717) is 5.56 Å². The highest BCUT2D eigenvalue weighted by molar-refractivity contribution is 5.97. The molecule has 0 fully saturated rings. The number of benzene rings is 3. The molecule has 0 N–H and O–H groups in total. The van der Waals surface area contributed by atoms with Crippen molar-refractivity contribution in [3.8, 4) is 40.6 Å². The molecule has 6 aromatic rings. The number of rotatable bonds is 1. The molecule has 3 aromatic heterocycles. The second-order valence-electron chi connectivity index (χ2n) is 11.2. The molecule has 1 aliphatic carbocycles. The standard InChI is InChI=1S/C37H23N5/c1-22-11-13-34-29-15-25(17-38)31(18-39)32(19-40)35(29)30-16-28-26-9-5-6-10-27(26)33-14-12-24(23-7-3-2-4-8-23)21-42(33)36(28)37(30)41(34)20-22/h2-15,20-21,30,37H,16H2,1H3/q+2. The Kier molecular flexibility index (Phi) is 5.05. The zero-order chi connectivity index (χ0) is 28.5. The van der Waals surface area contributed by atoms with Crippen molar-refractivity contribution >= 4 is 16.3 Å². The van der Waals surface area contributed by atoms with Gasteiger partial charge in [-0.2, -0.15) is 24.8 Å². The molecule has 2 aliphatic rings. The lowest BCUT2D eigenvalue weighted by molar-refractivity contribution is -0.724. The van der Waals surface area contributed by atoms with E-state index in [4.69, 9.17) is 0 Å². The first-order chi connectivity index (χ1) is 20.6. The van der Waals surface area contributed by atoms with E-state index in [-0.39, 0.29) is 23.1 Å². The third-order valence-corrected chi connectivity index (χ3v) is 9.02. The average Bonchev–Trinajstić information content (AvgIpc) is 3.45. The van der Waals surface area contributed by atoms with Gasteiger partial charge in [-0.25, -0.2) is 0 Å². The molecule has 0 saturated heterocycles. The fourth-order valence-electron chi connectivity index (χ4n) is 7.32. The van der Waals surface area contributed by atoms with Crippen LogP contribution >= 0.6 is 0 Å². The highest BCUT2D eigenvalue weighted by Crippen LogP contribution is 2.51. The maximum Gasteiger partial charge on any atom is 0.261 e. The first-order valence-electron chi connectivity index (χ1n) is 14.0. The molecule has 8 rings (SSSR count). The number of hydrogen-bond donors (Lipinski definition) is 0. The van der Waals surface area contributed by atoms with Crippen LogP contribution < -0.4 is 8.97 Å². The van der Waals surface area contributed by atoms with Crippen LogP contribution in [0.15, 0.2) is 97.3 Å². The maximum atomic E-state index is 10.4. The minimum Gasteiger partial charge on any atom is -0.192 e. The summed E-state index contributed by atoms with van der Waals surface area (Å²) in [6.45, 7) is 2.09.